The molecule has 0 radical (unpaired) electrons. The Morgan fingerprint density at radius 2 is 1.61 bits per heavy atom. The zero-order chi connectivity index (χ0) is 22.8. The number of carbonyl (C=O) groups excluding carboxylic acids is 1. The largest absolute Gasteiger partial charge is 0.490 e. The Bertz CT molecular complexity index is 1280. The van der Waals surface area contributed by atoms with Gasteiger partial charge in [-0.1, -0.05) is 30.3 Å². The third-order valence-electron chi connectivity index (χ3n) is 6.20. The predicted molar refractivity (Wildman–Crippen MR) is 126 cm³/mol. The fraction of sp³-hybridized carbons (Fsp3) is 0.320. The summed E-state index contributed by atoms with van der Waals surface area (Å²) in [4.78, 5) is 13.1. The fourth-order valence-corrected chi connectivity index (χ4v) is 5.83. The van der Waals surface area contributed by atoms with Crippen LogP contribution in [-0.4, -0.2) is 44.9 Å². The monoisotopic (exact) mass is 466 g/mol. The van der Waals surface area contributed by atoms with Crippen molar-refractivity contribution in [1.29, 1.82) is 0 Å². The molecule has 0 bridgehead atoms. The van der Waals surface area contributed by atoms with Gasteiger partial charge in [0.2, 0.25) is 15.9 Å². The van der Waals surface area contributed by atoms with Crippen LogP contribution in [0.25, 0.3) is 10.8 Å². The Kier molecular flexibility index (Phi) is 5.95. The Hall–Kier alpha value is -3.10. The molecule has 0 unspecified atom stereocenters. The summed E-state index contributed by atoms with van der Waals surface area (Å²) in [5.41, 5.74) is 0.649. The van der Waals surface area contributed by atoms with Gasteiger partial charge in [0, 0.05) is 37.2 Å². The normalized spacial score (nSPS) is 17.5. The molecule has 33 heavy (non-hydrogen) atoms. The van der Waals surface area contributed by atoms with Crippen LogP contribution in [0.1, 0.15) is 19.3 Å². The van der Waals surface area contributed by atoms with Gasteiger partial charge in [0.25, 0.3) is 0 Å². The molecule has 0 spiro atoms. The maximum atomic E-state index is 13.2. The third kappa shape index (κ3) is 4.54. The Morgan fingerprint density at radius 1 is 0.879 bits per heavy atom. The number of rotatable bonds is 4. The summed E-state index contributed by atoms with van der Waals surface area (Å²) in [5, 5.41) is 4.84. The van der Waals surface area contributed by atoms with Crippen LogP contribution < -0.4 is 14.8 Å². The van der Waals surface area contributed by atoms with Crippen LogP contribution in [0.5, 0.6) is 11.5 Å². The van der Waals surface area contributed by atoms with Gasteiger partial charge in [0.1, 0.15) is 0 Å². The van der Waals surface area contributed by atoms with Gasteiger partial charge in [-0.2, -0.15) is 4.31 Å². The molecule has 0 atom stereocenters. The molecule has 8 heteroatoms. The first-order chi connectivity index (χ1) is 16.0. The van der Waals surface area contributed by atoms with E-state index in [4.69, 9.17) is 9.47 Å². The highest BCUT2D eigenvalue weighted by Crippen LogP contribution is 2.33. The van der Waals surface area contributed by atoms with Crippen molar-refractivity contribution in [3.8, 4) is 11.5 Å². The number of carbonyl (C=O) groups is 1. The molecule has 2 aliphatic heterocycles. The van der Waals surface area contributed by atoms with E-state index in [0.29, 0.717) is 56.3 Å². The van der Waals surface area contributed by atoms with Gasteiger partial charge in [0.15, 0.2) is 11.5 Å². The average Bonchev–Trinajstić information content (AvgIpc) is 3.09. The first kappa shape index (κ1) is 21.7. The van der Waals surface area contributed by atoms with Crippen LogP contribution in [0, 0.1) is 5.92 Å². The van der Waals surface area contributed by atoms with Gasteiger partial charge < -0.3 is 14.8 Å². The SMILES string of the molecule is O=C(Nc1ccc2c(c1)OCCCO2)C1CCN(S(=O)(=O)c2ccc3ccccc3c2)CC1. The van der Waals surface area contributed by atoms with E-state index < -0.39 is 10.0 Å². The molecule has 7 nitrogen and oxygen atoms in total. The lowest BCUT2D eigenvalue weighted by atomic mass is 9.97. The summed E-state index contributed by atoms with van der Waals surface area (Å²) in [6.45, 7) is 1.82. The van der Waals surface area contributed by atoms with Crippen molar-refractivity contribution >= 4 is 32.4 Å². The highest BCUT2D eigenvalue weighted by atomic mass is 32.2. The van der Waals surface area contributed by atoms with Crippen LogP contribution in [0.4, 0.5) is 5.69 Å². The van der Waals surface area contributed by atoms with Crippen molar-refractivity contribution in [2.45, 2.75) is 24.2 Å². The second-order valence-electron chi connectivity index (χ2n) is 8.39. The maximum absolute atomic E-state index is 13.2. The molecule has 5 rings (SSSR count). The van der Waals surface area contributed by atoms with E-state index in [0.717, 1.165) is 17.2 Å². The molecule has 1 saturated heterocycles. The standard InChI is InChI=1S/C25H26N2O5S/c28-25(26-21-7-9-23-24(17-21)32-15-3-14-31-23)19-10-12-27(13-11-19)33(29,30)22-8-6-18-4-1-2-5-20(18)16-22/h1-2,4-9,16-17,19H,3,10-15H2,(H,26,28). The lowest BCUT2D eigenvalue weighted by molar-refractivity contribution is -0.120. The summed E-state index contributed by atoms with van der Waals surface area (Å²) in [5.74, 6) is 0.954. The van der Waals surface area contributed by atoms with Crippen molar-refractivity contribution in [2.24, 2.45) is 5.92 Å². The number of hydrogen-bond donors (Lipinski definition) is 1. The molecular weight excluding hydrogens is 440 g/mol. The van der Waals surface area contributed by atoms with Gasteiger partial charge in [-0.05, 0) is 47.9 Å². The summed E-state index contributed by atoms with van der Waals surface area (Å²) in [7, 11) is -3.60. The summed E-state index contributed by atoms with van der Waals surface area (Å²) >= 11 is 0. The van der Waals surface area contributed by atoms with E-state index in [2.05, 4.69) is 5.32 Å². The van der Waals surface area contributed by atoms with Crippen molar-refractivity contribution < 1.29 is 22.7 Å². The number of nitrogens with one attached hydrogen (secondary N) is 1. The van der Waals surface area contributed by atoms with Crippen LogP contribution in [0.2, 0.25) is 0 Å². The molecule has 0 saturated carbocycles. The van der Waals surface area contributed by atoms with Gasteiger partial charge in [-0.25, -0.2) is 8.42 Å². The molecule has 0 aromatic heterocycles. The number of ether oxygens (including phenoxy) is 2. The highest BCUT2D eigenvalue weighted by Gasteiger charge is 2.32. The lowest BCUT2D eigenvalue weighted by Crippen LogP contribution is -2.41. The molecule has 1 amide bonds. The molecule has 172 valence electrons. The van der Waals surface area contributed by atoms with Crippen LogP contribution in [0.15, 0.2) is 65.6 Å². The molecule has 3 aromatic rings. The molecular formula is C25H26N2O5S. The van der Waals surface area contributed by atoms with Crippen LogP contribution >= 0.6 is 0 Å². The van der Waals surface area contributed by atoms with E-state index in [-0.39, 0.29) is 16.7 Å². The number of nitrogens with zero attached hydrogens (tertiary/aromatic N) is 1. The second-order valence-corrected chi connectivity index (χ2v) is 10.3. The maximum Gasteiger partial charge on any atom is 0.243 e. The van der Waals surface area contributed by atoms with E-state index >= 15 is 0 Å². The summed E-state index contributed by atoms with van der Waals surface area (Å²) in [6, 6.07) is 18.3. The first-order valence-corrected chi connectivity index (χ1v) is 12.6. The zero-order valence-electron chi connectivity index (χ0n) is 18.2. The van der Waals surface area contributed by atoms with Crippen molar-refractivity contribution in [1.82, 2.24) is 4.31 Å². The number of amides is 1. The molecule has 2 aliphatic rings. The van der Waals surface area contributed by atoms with Crippen molar-refractivity contribution in [3.05, 3.63) is 60.7 Å². The molecule has 0 aliphatic carbocycles. The minimum Gasteiger partial charge on any atom is -0.490 e. The number of fused-ring (bicyclic) bond motifs is 2. The van der Waals surface area contributed by atoms with Crippen LogP contribution in [0.3, 0.4) is 0 Å². The van der Waals surface area contributed by atoms with Gasteiger partial charge in [-0.3, -0.25) is 4.79 Å². The topological polar surface area (TPSA) is 84.9 Å². The lowest BCUT2D eigenvalue weighted by Gasteiger charge is -2.30. The minimum atomic E-state index is -3.60. The quantitative estimate of drug-likeness (QED) is 0.627. The van der Waals surface area contributed by atoms with E-state index in [9.17, 15) is 13.2 Å². The Morgan fingerprint density at radius 3 is 2.39 bits per heavy atom. The van der Waals surface area contributed by atoms with Gasteiger partial charge >= 0.3 is 0 Å². The summed E-state index contributed by atoms with van der Waals surface area (Å²) in [6.07, 6.45) is 1.77. The number of hydrogen-bond acceptors (Lipinski definition) is 5. The second kappa shape index (κ2) is 9.03. The molecule has 3 aromatic carbocycles. The van der Waals surface area contributed by atoms with Gasteiger partial charge in [-0.15, -0.1) is 0 Å². The Labute approximate surface area is 193 Å². The van der Waals surface area contributed by atoms with Crippen molar-refractivity contribution in [3.63, 3.8) is 0 Å². The molecule has 2 heterocycles. The number of anilines is 1. The highest BCUT2D eigenvalue weighted by molar-refractivity contribution is 7.89. The fourth-order valence-electron chi connectivity index (χ4n) is 4.32. The predicted octanol–water partition coefficient (Wildman–Crippen LogP) is 4.04. The molecule has 1 fully saturated rings. The van der Waals surface area contributed by atoms with E-state index in [1.807, 2.05) is 30.3 Å². The zero-order valence-corrected chi connectivity index (χ0v) is 19.0. The van der Waals surface area contributed by atoms with Crippen LogP contribution in [-0.2, 0) is 14.8 Å². The number of benzene rings is 3. The summed E-state index contributed by atoms with van der Waals surface area (Å²) < 4.78 is 39.1. The Balaban J connectivity index is 1.23. The smallest absolute Gasteiger partial charge is 0.243 e. The minimum absolute atomic E-state index is 0.104. The number of piperidine rings is 1. The molecule has 1 N–H and O–H groups in total. The van der Waals surface area contributed by atoms with E-state index in [1.165, 1.54) is 4.31 Å². The van der Waals surface area contributed by atoms with E-state index in [1.54, 1.807) is 30.3 Å². The van der Waals surface area contributed by atoms with Crippen molar-refractivity contribution in [2.75, 3.05) is 31.6 Å². The third-order valence-corrected chi connectivity index (χ3v) is 8.09. The van der Waals surface area contributed by atoms with Gasteiger partial charge in [0.05, 0.1) is 18.1 Å². The average molecular weight is 467 g/mol. The number of sulfonamides is 1. The first-order valence-electron chi connectivity index (χ1n) is 11.2.